The van der Waals surface area contributed by atoms with E-state index < -0.39 is 11.9 Å². The number of carboxylic acid groups (broad SMARTS) is 1. The molecule has 1 amide bonds. The molecule has 0 bridgehead atoms. The molecule has 1 heterocycles. The second-order valence-corrected chi connectivity index (χ2v) is 4.91. The highest BCUT2D eigenvalue weighted by molar-refractivity contribution is 6.00. The lowest BCUT2D eigenvalue weighted by atomic mass is 10.0. The Hall–Kier alpha value is -1.84. The first-order valence-corrected chi connectivity index (χ1v) is 6.73. The summed E-state index contributed by atoms with van der Waals surface area (Å²) in [5.41, 5.74) is 1.50. The van der Waals surface area contributed by atoms with Gasteiger partial charge in [-0.1, -0.05) is 32.0 Å². The number of hydrogen-bond donors (Lipinski definition) is 1. The maximum Gasteiger partial charge on any atom is 0.312 e. The third kappa shape index (κ3) is 2.35. The van der Waals surface area contributed by atoms with Crippen molar-refractivity contribution in [2.75, 3.05) is 11.4 Å². The molecular formula is C15H19NO3. The molecule has 1 aromatic rings. The van der Waals surface area contributed by atoms with Gasteiger partial charge in [-0.3, -0.25) is 9.59 Å². The zero-order chi connectivity index (χ0) is 14.0. The van der Waals surface area contributed by atoms with Crippen molar-refractivity contribution >= 4 is 17.6 Å². The third-order valence-corrected chi connectivity index (χ3v) is 3.87. The van der Waals surface area contributed by atoms with E-state index in [1.165, 1.54) is 0 Å². The van der Waals surface area contributed by atoms with E-state index in [1.54, 1.807) is 11.0 Å². The fourth-order valence-electron chi connectivity index (χ4n) is 2.69. The van der Waals surface area contributed by atoms with Gasteiger partial charge in [-0.15, -0.1) is 0 Å². The maximum atomic E-state index is 12.5. The zero-order valence-corrected chi connectivity index (χ0v) is 11.3. The van der Waals surface area contributed by atoms with Gasteiger partial charge in [0.1, 0.15) is 5.92 Å². The summed E-state index contributed by atoms with van der Waals surface area (Å²) in [6.45, 7) is 4.23. The quantitative estimate of drug-likeness (QED) is 0.906. The van der Waals surface area contributed by atoms with Crippen molar-refractivity contribution in [2.24, 2.45) is 5.92 Å². The Balaban J connectivity index is 2.35. The number of rotatable bonds is 4. The van der Waals surface area contributed by atoms with Crippen LogP contribution < -0.4 is 4.90 Å². The van der Waals surface area contributed by atoms with Gasteiger partial charge in [0.25, 0.3) is 0 Å². The predicted molar refractivity (Wildman–Crippen MR) is 73.2 cm³/mol. The Kier molecular flexibility index (Phi) is 3.88. The Morgan fingerprint density at radius 2 is 1.95 bits per heavy atom. The summed E-state index contributed by atoms with van der Waals surface area (Å²) in [4.78, 5) is 25.4. The number of fused-ring (bicyclic) bond motifs is 1. The molecule has 1 aromatic carbocycles. The minimum atomic E-state index is -0.868. The molecule has 102 valence electrons. The highest BCUT2D eigenvalue weighted by Gasteiger charge is 2.37. The zero-order valence-electron chi connectivity index (χ0n) is 11.3. The van der Waals surface area contributed by atoms with Gasteiger partial charge >= 0.3 is 5.97 Å². The van der Waals surface area contributed by atoms with Crippen LogP contribution in [0, 0.1) is 5.92 Å². The van der Waals surface area contributed by atoms with E-state index in [1.807, 2.05) is 32.0 Å². The summed E-state index contributed by atoms with van der Waals surface area (Å²) >= 11 is 0. The van der Waals surface area contributed by atoms with Crippen molar-refractivity contribution in [1.29, 1.82) is 0 Å². The van der Waals surface area contributed by atoms with Crippen LogP contribution in [0.2, 0.25) is 0 Å². The molecule has 1 atom stereocenters. The lowest BCUT2D eigenvalue weighted by Gasteiger charge is -2.22. The molecular weight excluding hydrogens is 242 g/mol. The highest BCUT2D eigenvalue weighted by Crippen LogP contribution is 2.37. The van der Waals surface area contributed by atoms with Crippen LogP contribution in [0.1, 0.15) is 38.2 Å². The minimum Gasteiger partial charge on any atom is -0.481 e. The van der Waals surface area contributed by atoms with Gasteiger partial charge in [-0.25, -0.2) is 0 Å². The van der Waals surface area contributed by atoms with Gasteiger partial charge < -0.3 is 10.0 Å². The van der Waals surface area contributed by atoms with Crippen LogP contribution in [0.15, 0.2) is 24.3 Å². The maximum absolute atomic E-state index is 12.5. The van der Waals surface area contributed by atoms with Crippen LogP contribution in [0.25, 0.3) is 0 Å². The van der Waals surface area contributed by atoms with Crippen molar-refractivity contribution in [3.05, 3.63) is 29.8 Å². The molecule has 0 spiro atoms. The van der Waals surface area contributed by atoms with Crippen molar-refractivity contribution in [3.63, 3.8) is 0 Å². The number of hydrogen-bond acceptors (Lipinski definition) is 2. The molecule has 0 aromatic heterocycles. The fraction of sp³-hybridized carbons (Fsp3) is 0.467. The van der Waals surface area contributed by atoms with Gasteiger partial charge in [-0.2, -0.15) is 0 Å². The van der Waals surface area contributed by atoms with Crippen LogP contribution >= 0.6 is 0 Å². The molecule has 1 N–H and O–H groups in total. The van der Waals surface area contributed by atoms with Crippen molar-refractivity contribution in [3.8, 4) is 0 Å². The van der Waals surface area contributed by atoms with Gasteiger partial charge in [0, 0.05) is 18.2 Å². The summed E-state index contributed by atoms with van der Waals surface area (Å²) in [5, 5.41) is 9.27. The summed E-state index contributed by atoms with van der Waals surface area (Å²) in [6.07, 6.45) is 1.57. The van der Waals surface area contributed by atoms with Crippen molar-refractivity contribution in [2.45, 2.75) is 32.6 Å². The Morgan fingerprint density at radius 1 is 1.32 bits per heavy atom. The van der Waals surface area contributed by atoms with Gasteiger partial charge in [-0.05, 0) is 24.5 Å². The molecule has 1 unspecified atom stereocenters. The summed E-state index contributed by atoms with van der Waals surface area (Å²) in [7, 11) is 0. The van der Waals surface area contributed by atoms with E-state index in [9.17, 15) is 14.7 Å². The lowest BCUT2D eigenvalue weighted by Crippen LogP contribution is -2.35. The smallest absolute Gasteiger partial charge is 0.312 e. The highest BCUT2D eigenvalue weighted by atomic mass is 16.4. The van der Waals surface area contributed by atoms with Gasteiger partial charge in [0.15, 0.2) is 0 Å². The van der Waals surface area contributed by atoms with Crippen molar-refractivity contribution < 1.29 is 14.7 Å². The molecule has 4 heteroatoms. The molecule has 4 nitrogen and oxygen atoms in total. The van der Waals surface area contributed by atoms with E-state index in [2.05, 4.69) is 0 Å². The molecule has 2 rings (SSSR count). The normalized spacial score (nSPS) is 17.6. The largest absolute Gasteiger partial charge is 0.481 e. The molecule has 0 radical (unpaired) electrons. The van der Waals surface area contributed by atoms with Crippen LogP contribution in [0.4, 0.5) is 5.69 Å². The third-order valence-electron chi connectivity index (χ3n) is 3.87. The average molecular weight is 261 g/mol. The molecule has 19 heavy (non-hydrogen) atoms. The number of carbonyl (C=O) groups excluding carboxylic acids is 1. The summed E-state index contributed by atoms with van der Waals surface area (Å²) in [6, 6.07) is 7.29. The lowest BCUT2D eigenvalue weighted by molar-refractivity contribution is -0.138. The SMILES string of the molecule is CCC(CC)C(=O)N1CC(C(=O)O)c2ccccc21. The molecule has 0 fully saturated rings. The summed E-state index contributed by atoms with van der Waals surface area (Å²) < 4.78 is 0. The first-order chi connectivity index (χ1) is 9.10. The van der Waals surface area contributed by atoms with Crippen LogP contribution in [-0.4, -0.2) is 23.5 Å². The minimum absolute atomic E-state index is 0.0272. The fourth-order valence-corrected chi connectivity index (χ4v) is 2.69. The first kappa shape index (κ1) is 13.6. The first-order valence-electron chi connectivity index (χ1n) is 6.73. The number of anilines is 1. The van der Waals surface area contributed by atoms with Crippen LogP contribution in [-0.2, 0) is 9.59 Å². The standard InChI is InChI=1S/C15H19NO3/c1-3-10(4-2)14(17)16-9-12(15(18)19)11-7-5-6-8-13(11)16/h5-8,10,12H,3-4,9H2,1-2H3,(H,18,19). The number of amides is 1. The van der Waals surface area contributed by atoms with Crippen molar-refractivity contribution in [1.82, 2.24) is 0 Å². The number of carbonyl (C=O) groups is 2. The van der Waals surface area contributed by atoms with E-state index in [-0.39, 0.29) is 18.4 Å². The van der Waals surface area contributed by atoms with Crippen LogP contribution in [0.3, 0.4) is 0 Å². The average Bonchev–Trinajstić information content (AvgIpc) is 2.79. The molecule has 0 aliphatic carbocycles. The van der Waals surface area contributed by atoms with Gasteiger partial charge in [0.2, 0.25) is 5.91 Å². The monoisotopic (exact) mass is 261 g/mol. The Labute approximate surface area is 113 Å². The molecule has 0 saturated carbocycles. The number of para-hydroxylation sites is 1. The molecule has 1 aliphatic rings. The second-order valence-electron chi connectivity index (χ2n) is 4.91. The van der Waals surface area contributed by atoms with E-state index in [0.29, 0.717) is 0 Å². The van der Waals surface area contributed by atoms with E-state index >= 15 is 0 Å². The second kappa shape index (κ2) is 5.43. The number of carboxylic acids is 1. The number of nitrogens with zero attached hydrogens (tertiary/aromatic N) is 1. The van der Waals surface area contributed by atoms with Gasteiger partial charge in [0.05, 0.1) is 0 Å². The van der Waals surface area contributed by atoms with E-state index in [0.717, 1.165) is 24.1 Å². The predicted octanol–water partition coefficient (Wildman–Crippen LogP) is 2.64. The Morgan fingerprint density at radius 3 is 2.53 bits per heavy atom. The number of aliphatic carboxylic acids is 1. The Bertz CT molecular complexity index is 494. The summed E-state index contributed by atoms with van der Waals surface area (Å²) in [5.74, 6) is -1.45. The van der Waals surface area contributed by atoms with E-state index in [4.69, 9.17) is 0 Å². The van der Waals surface area contributed by atoms with Crippen LogP contribution in [0.5, 0.6) is 0 Å². The molecule has 0 saturated heterocycles. The number of benzene rings is 1. The topological polar surface area (TPSA) is 57.6 Å². The molecule has 1 aliphatic heterocycles.